The van der Waals surface area contributed by atoms with Crippen LogP contribution in [0.15, 0.2) is 42.2 Å². The van der Waals surface area contributed by atoms with E-state index in [1.807, 2.05) is 50.4 Å². The zero-order chi connectivity index (χ0) is 14.7. The van der Waals surface area contributed by atoms with Crippen molar-refractivity contribution in [2.75, 3.05) is 0 Å². The van der Waals surface area contributed by atoms with Crippen molar-refractivity contribution in [1.82, 2.24) is 9.78 Å². The third-order valence-electron chi connectivity index (χ3n) is 3.04. The number of hydrogen-bond donors (Lipinski definition) is 0. The first-order valence-electron chi connectivity index (χ1n) is 6.50. The minimum Gasteiger partial charge on any atom is -0.295 e. The van der Waals surface area contributed by atoms with Gasteiger partial charge in [0.2, 0.25) is 0 Å². The first-order valence-corrected chi connectivity index (χ1v) is 6.88. The Morgan fingerprint density at radius 1 is 1.30 bits per heavy atom. The monoisotopic (exact) mass is 288 g/mol. The van der Waals surface area contributed by atoms with Crippen molar-refractivity contribution in [1.29, 1.82) is 0 Å². The van der Waals surface area contributed by atoms with Crippen molar-refractivity contribution >= 4 is 23.5 Å². The summed E-state index contributed by atoms with van der Waals surface area (Å²) < 4.78 is 1.76. The number of Topliss-reactive ketones (excluding diaryl/α,β-unsaturated/α-hetero) is 1. The van der Waals surface area contributed by atoms with Gasteiger partial charge < -0.3 is 0 Å². The molecule has 0 aliphatic carbocycles. The molecule has 2 rings (SSSR count). The van der Waals surface area contributed by atoms with Gasteiger partial charge in [0.05, 0.1) is 11.9 Å². The number of benzene rings is 1. The second-order valence-electron chi connectivity index (χ2n) is 5.01. The molecular weight excluding hydrogens is 272 g/mol. The highest BCUT2D eigenvalue weighted by Crippen LogP contribution is 2.17. The Kier molecular flexibility index (Phi) is 4.40. The number of hydrogen-bond acceptors (Lipinski definition) is 2. The third kappa shape index (κ3) is 3.36. The molecule has 0 fully saturated rings. The van der Waals surface area contributed by atoms with Crippen molar-refractivity contribution in [2.24, 2.45) is 5.92 Å². The van der Waals surface area contributed by atoms with Crippen LogP contribution in [0, 0.1) is 5.92 Å². The largest absolute Gasteiger partial charge is 0.295 e. The standard InChI is InChI=1S/C16H17ClN2O/c1-11(2)16(12(3)20)8-13-9-18-19(10-13)15-6-4-14(17)5-7-15/h4-11H,1-3H3/b16-8+. The number of nitrogens with zero attached hydrogens (tertiary/aromatic N) is 2. The lowest BCUT2D eigenvalue weighted by atomic mass is 9.98. The molecule has 104 valence electrons. The van der Waals surface area contributed by atoms with Crippen LogP contribution in [0.5, 0.6) is 0 Å². The van der Waals surface area contributed by atoms with Gasteiger partial charge in [0, 0.05) is 16.8 Å². The van der Waals surface area contributed by atoms with E-state index >= 15 is 0 Å². The first-order chi connectivity index (χ1) is 9.47. The van der Waals surface area contributed by atoms with E-state index in [1.54, 1.807) is 17.8 Å². The number of carbonyl (C=O) groups excluding carboxylic acids is 1. The van der Waals surface area contributed by atoms with Gasteiger partial charge in [-0.1, -0.05) is 25.4 Å². The summed E-state index contributed by atoms with van der Waals surface area (Å²) in [5, 5.41) is 5.00. The molecule has 3 nitrogen and oxygen atoms in total. The number of carbonyl (C=O) groups is 1. The predicted octanol–water partition coefficient (Wildman–Crippen LogP) is 4.15. The van der Waals surface area contributed by atoms with Crippen LogP contribution in [0.25, 0.3) is 11.8 Å². The molecule has 0 bridgehead atoms. The number of ketones is 1. The Morgan fingerprint density at radius 3 is 2.50 bits per heavy atom. The molecule has 0 aliphatic rings. The topological polar surface area (TPSA) is 34.9 Å². The normalized spacial score (nSPS) is 11.9. The van der Waals surface area contributed by atoms with Gasteiger partial charge in [0.25, 0.3) is 0 Å². The zero-order valence-corrected chi connectivity index (χ0v) is 12.6. The molecule has 0 amide bonds. The highest BCUT2D eigenvalue weighted by atomic mass is 35.5. The molecule has 0 N–H and O–H groups in total. The molecule has 0 saturated heterocycles. The maximum absolute atomic E-state index is 11.6. The predicted molar refractivity (Wildman–Crippen MR) is 82.1 cm³/mol. The maximum atomic E-state index is 11.6. The lowest BCUT2D eigenvalue weighted by molar-refractivity contribution is -0.113. The second kappa shape index (κ2) is 6.06. The Morgan fingerprint density at radius 2 is 1.95 bits per heavy atom. The van der Waals surface area contributed by atoms with Crippen molar-refractivity contribution < 1.29 is 4.79 Å². The number of halogens is 1. The van der Waals surface area contributed by atoms with E-state index in [0.717, 1.165) is 16.8 Å². The summed E-state index contributed by atoms with van der Waals surface area (Å²) in [7, 11) is 0. The zero-order valence-electron chi connectivity index (χ0n) is 11.8. The molecule has 1 aromatic carbocycles. The van der Waals surface area contributed by atoms with Gasteiger partial charge in [-0.15, -0.1) is 0 Å². The van der Waals surface area contributed by atoms with Gasteiger partial charge in [-0.25, -0.2) is 4.68 Å². The van der Waals surface area contributed by atoms with Gasteiger partial charge >= 0.3 is 0 Å². The summed E-state index contributed by atoms with van der Waals surface area (Å²) in [6.07, 6.45) is 5.54. The van der Waals surface area contributed by atoms with Gasteiger partial charge in [-0.2, -0.15) is 5.10 Å². The Labute approximate surface area is 123 Å². The molecule has 0 spiro atoms. The van der Waals surface area contributed by atoms with Crippen LogP contribution < -0.4 is 0 Å². The quantitative estimate of drug-likeness (QED) is 0.792. The summed E-state index contributed by atoms with van der Waals surface area (Å²) in [5.41, 5.74) is 2.66. The number of allylic oxidation sites excluding steroid dienone is 1. The van der Waals surface area contributed by atoms with Crippen molar-refractivity contribution in [3.63, 3.8) is 0 Å². The van der Waals surface area contributed by atoms with Crippen molar-refractivity contribution in [2.45, 2.75) is 20.8 Å². The summed E-state index contributed by atoms with van der Waals surface area (Å²) in [5.74, 6) is 0.297. The van der Waals surface area contributed by atoms with Gasteiger partial charge in [-0.05, 0) is 48.8 Å². The molecule has 0 unspecified atom stereocenters. The van der Waals surface area contributed by atoms with E-state index in [0.29, 0.717) is 5.02 Å². The minimum absolute atomic E-state index is 0.0965. The van der Waals surface area contributed by atoms with E-state index in [4.69, 9.17) is 11.6 Å². The highest BCUT2D eigenvalue weighted by Gasteiger charge is 2.09. The molecule has 0 aliphatic heterocycles. The van der Waals surface area contributed by atoms with Crippen LogP contribution in [0.3, 0.4) is 0 Å². The highest BCUT2D eigenvalue weighted by molar-refractivity contribution is 6.30. The van der Waals surface area contributed by atoms with Gasteiger partial charge in [-0.3, -0.25) is 4.79 Å². The average Bonchev–Trinajstić information content (AvgIpc) is 2.84. The molecule has 0 saturated carbocycles. The first kappa shape index (κ1) is 14.5. The molecule has 1 heterocycles. The minimum atomic E-state index is 0.0965. The molecule has 20 heavy (non-hydrogen) atoms. The summed E-state index contributed by atoms with van der Waals surface area (Å²) in [4.78, 5) is 11.6. The molecule has 1 aromatic heterocycles. The summed E-state index contributed by atoms with van der Waals surface area (Å²) in [6, 6.07) is 7.45. The SMILES string of the molecule is CC(=O)/C(=C/c1cnn(-c2ccc(Cl)cc2)c1)C(C)C. The van der Waals surface area contributed by atoms with Crippen LogP contribution in [0.1, 0.15) is 26.3 Å². The molecule has 4 heteroatoms. The van der Waals surface area contributed by atoms with Gasteiger partial charge in [0.1, 0.15) is 0 Å². The second-order valence-corrected chi connectivity index (χ2v) is 5.44. The number of aromatic nitrogens is 2. The van der Waals surface area contributed by atoms with E-state index in [9.17, 15) is 4.79 Å². The maximum Gasteiger partial charge on any atom is 0.156 e. The summed E-state index contributed by atoms with van der Waals surface area (Å²) in [6.45, 7) is 5.61. The van der Waals surface area contributed by atoms with Crippen LogP contribution in [-0.4, -0.2) is 15.6 Å². The summed E-state index contributed by atoms with van der Waals surface area (Å²) >= 11 is 5.87. The van der Waals surface area contributed by atoms with Crippen LogP contribution >= 0.6 is 11.6 Å². The van der Waals surface area contributed by atoms with E-state index in [1.165, 1.54) is 0 Å². The van der Waals surface area contributed by atoms with Crippen LogP contribution in [0.4, 0.5) is 0 Å². The Hall–Kier alpha value is -1.87. The fourth-order valence-electron chi connectivity index (χ4n) is 2.00. The van der Waals surface area contributed by atoms with Crippen molar-refractivity contribution in [3.8, 4) is 5.69 Å². The average molecular weight is 289 g/mol. The fourth-order valence-corrected chi connectivity index (χ4v) is 2.13. The van der Waals surface area contributed by atoms with Crippen LogP contribution in [-0.2, 0) is 4.79 Å². The van der Waals surface area contributed by atoms with Crippen molar-refractivity contribution in [3.05, 3.63) is 52.8 Å². The van der Waals surface area contributed by atoms with E-state index < -0.39 is 0 Å². The van der Waals surface area contributed by atoms with E-state index in [2.05, 4.69) is 5.10 Å². The fraction of sp³-hybridized carbons (Fsp3) is 0.250. The Balaban J connectivity index is 2.31. The number of rotatable bonds is 4. The Bertz CT molecular complexity index is 639. The molecule has 0 radical (unpaired) electrons. The third-order valence-corrected chi connectivity index (χ3v) is 3.30. The molecule has 0 atom stereocenters. The molecule has 2 aromatic rings. The van der Waals surface area contributed by atoms with Gasteiger partial charge in [0.15, 0.2) is 5.78 Å². The smallest absolute Gasteiger partial charge is 0.156 e. The molecular formula is C16H17ClN2O. The lowest BCUT2D eigenvalue weighted by Crippen LogP contribution is -2.03. The lowest BCUT2D eigenvalue weighted by Gasteiger charge is -2.06. The van der Waals surface area contributed by atoms with E-state index in [-0.39, 0.29) is 11.7 Å². The van der Waals surface area contributed by atoms with Crippen LogP contribution in [0.2, 0.25) is 5.02 Å².